The lowest BCUT2D eigenvalue weighted by Crippen LogP contribution is -2.31. The lowest BCUT2D eigenvalue weighted by atomic mass is 9.87. The SMILES string of the molecule is C=Cc1cc(C(=O)NS(=O)(=O)c2c(OC)ccc3c2OCC3(C)C)ccc1Cn1cccn1. The number of methoxy groups -OCH3 is 1. The van der Waals surface area contributed by atoms with Crippen LogP contribution in [0.1, 0.15) is 40.9 Å². The summed E-state index contributed by atoms with van der Waals surface area (Å²) in [6.45, 7) is 8.55. The maximum absolute atomic E-state index is 13.3. The molecule has 4 rings (SSSR count). The highest BCUT2D eigenvalue weighted by molar-refractivity contribution is 7.90. The van der Waals surface area contributed by atoms with Crippen LogP contribution in [0.4, 0.5) is 0 Å². The number of benzene rings is 2. The molecule has 1 aliphatic rings. The van der Waals surface area contributed by atoms with E-state index < -0.39 is 15.9 Å². The van der Waals surface area contributed by atoms with Crippen molar-refractivity contribution in [3.05, 3.63) is 77.6 Å². The number of fused-ring (bicyclic) bond motifs is 1. The summed E-state index contributed by atoms with van der Waals surface area (Å²) in [6, 6.07) is 10.1. The van der Waals surface area contributed by atoms with Crippen molar-refractivity contribution >= 4 is 22.0 Å². The Kier molecular flexibility index (Phi) is 5.75. The Morgan fingerprint density at radius 2 is 2.12 bits per heavy atom. The van der Waals surface area contributed by atoms with Crippen LogP contribution in [0.5, 0.6) is 11.5 Å². The van der Waals surface area contributed by atoms with E-state index in [0.29, 0.717) is 18.7 Å². The number of ether oxygens (including phenoxy) is 2. The van der Waals surface area contributed by atoms with Gasteiger partial charge < -0.3 is 9.47 Å². The topological polar surface area (TPSA) is 99.5 Å². The Morgan fingerprint density at radius 3 is 2.79 bits per heavy atom. The van der Waals surface area contributed by atoms with Gasteiger partial charge in [-0.3, -0.25) is 9.48 Å². The van der Waals surface area contributed by atoms with Gasteiger partial charge in [0, 0.05) is 28.9 Å². The number of aromatic nitrogens is 2. The molecule has 1 amide bonds. The van der Waals surface area contributed by atoms with Crippen LogP contribution in [0.3, 0.4) is 0 Å². The smallest absolute Gasteiger partial charge is 0.271 e. The molecule has 0 atom stereocenters. The van der Waals surface area contributed by atoms with Gasteiger partial charge in [0.05, 0.1) is 20.3 Å². The zero-order chi connectivity index (χ0) is 23.8. The lowest BCUT2D eigenvalue weighted by molar-refractivity contribution is 0.0981. The van der Waals surface area contributed by atoms with Gasteiger partial charge in [-0.1, -0.05) is 38.6 Å². The predicted octanol–water partition coefficient (Wildman–Crippen LogP) is 3.37. The quantitative estimate of drug-likeness (QED) is 0.572. The molecule has 33 heavy (non-hydrogen) atoms. The molecule has 0 fully saturated rings. The number of nitrogens with zero attached hydrogens (tertiary/aromatic N) is 2. The van der Waals surface area contributed by atoms with E-state index >= 15 is 0 Å². The van der Waals surface area contributed by atoms with Gasteiger partial charge in [-0.15, -0.1) is 0 Å². The van der Waals surface area contributed by atoms with E-state index in [2.05, 4.69) is 16.4 Å². The fourth-order valence-corrected chi connectivity index (χ4v) is 5.13. The maximum Gasteiger partial charge on any atom is 0.271 e. The Bertz CT molecular complexity index is 1330. The highest BCUT2D eigenvalue weighted by Gasteiger charge is 2.39. The zero-order valence-electron chi connectivity index (χ0n) is 18.7. The highest BCUT2D eigenvalue weighted by Crippen LogP contribution is 2.46. The number of carbonyl (C=O) groups excluding carboxylic acids is 1. The van der Waals surface area contributed by atoms with E-state index in [4.69, 9.17) is 9.47 Å². The molecule has 0 spiro atoms. The number of sulfonamides is 1. The van der Waals surface area contributed by atoms with E-state index in [-0.39, 0.29) is 27.4 Å². The lowest BCUT2D eigenvalue weighted by Gasteiger charge is -2.17. The Balaban J connectivity index is 1.65. The monoisotopic (exact) mass is 467 g/mol. The van der Waals surface area contributed by atoms with Crippen molar-refractivity contribution in [2.75, 3.05) is 13.7 Å². The first-order valence-corrected chi connectivity index (χ1v) is 11.8. The van der Waals surface area contributed by atoms with Crippen molar-refractivity contribution in [3.63, 3.8) is 0 Å². The van der Waals surface area contributed by atoms with Crippen molar-refractivity contribution in [1.29, 1.82) is 0 Å². The average Bonchev–Trinajstić information content (AvgIpc) is 3.40. The second-order valence-corrected chi connectivity index (χ2v) is 10.0. The molecule has 0 saturated carbocycles. The minimum Gasteiger partial charge on any atom is -0.495 e. The van der Waals surface area contributed by atoms with Crippen molar-refractivity contribution in [1.82, 2.24) is 14.5 Å². The summed E-state index contributed by atoms with van der Waals surface area (Å²) in [6.07, 6.45) is 5.13. The molecule has 9 heteroatoms. The van der Waals surface area contributed by atoms with Gasteiger partial charge in [-0.25, -0.2) is 13.1 Å². The van der Waals surface area contributed by atoms with E-state index in [1.807, 2.05) is 26.1 Å². The minimum absolute atomic E-state index is 0.105. The molecule has 0 bridgehead atoms. The number of nitrogens with one attached hydrogen (secondary N) is 1. The zero-order valence-corrected chi connectivity index (χ0v) is 19.5. The van der Waals surface area contributed by atoms with Crippen LogP contribution in [0.2, 0.25) is 0 Å². The molecule has 2 heterocycles. The average molecular weight is 468 g/mol. The second kappa shape index (κ2) is 8.40. The van der Waals surface area contributed by atoms with E-state index in [0.717, 1.165) is 11.1 Å². The first-order chi connectivity index (χ1) is 15.7. The number of amides is 1. The van der Waals surface area contributed by atoms with Crippen molar-refractivity contribution in [2.24, 2.45) is 0 Å². The molecule has 1 aliphatic heterocycles. The Morgan fingerprint density at radius 1 is 1.33 bits per heavy atom. The number of rotatable bonds is 7. The van der Waals surface area contributed by atoms with E-state index in [9.17, 15) is 13.2 Å². The van der Waals surface area contributed by atoms with Gasteiger partial charge in [-0.05, 0) is 35.4 Å². The molecule has 0 radical (unpaired) electrons. The Labute approximate surface area is 192 Å². The van der Waals surface area contributed by atoms with E-state index in [1.165, 1.54) is 7.11 Å². The van der Waals surface area contributed by atoms with Crippen molar-refractivity contribution in [3.8, 4) is 11.5 Å². The van der Waals surface area contributed by atoms with Crippen molar-refractivity contribution < 1.29 is 22.7 Å². The highest BCUT2D eigenvalue weighted by atomic mass is 32.2. The van der Waals surface area contributed by atoms with Gasteiger partial charge in [0.1, 0.15) is 11.5 Å². The minimum atomic E-state index is -4.29. The molecule has 0 aliphatic carbocycles. The molecule has 2 aromatic carbocycles. The van der Waals surface area contributed by atoms with Gasteiger partial charge >= 0.3 is 0 Å². The molecular formula is C24H25N3O5S. The van der Waals surface area contributed by atoms with Gasteiger partial charge in [0.2, 0.25) is 0 Å². The Hall–Kier alpha value is -3.59. The second-order valence-electron chi connectivity index (χ2n) is 8.40. The largest absolute Gasteiger partial charge is 0.495 e. The molecule has 0 saturated heterocycles. The van der Waals surface area contributed by atoms with Crippen LogP contribution in [0.25, 0.3) is 6.08 Å². The third-order valence-corrected chi connectivity index (χ3v) is 7.00. The standard InChI is InChI=1S/C24H25N3O5S/c1-5-16-13-17(7-8-18(16)14-27-12-6-11-25-27)23(28)26-33(29,30)22-20(31-4)10-9-19-21(22)32-15-24(19,2)3/h5-13H,1,14-15H2,2-4H3,(H,26,28). The normalized spacial score (nSPS) is 14.3. The molecule has 1 N–H and O–H groups in total. The van der Waals surface area contributed by atoms with Crippen LogP contribution >= 0.6 is 0 Å². The van der Waals surface area contributed by atoms with Crippen LogP contribution in [0, 0.1) is 0 Å². The predicted molar refractivity (Wildman–Crippen MR) is 124 cm³/mol. The summed E-state index contributed by atoms with van der Waals surface area (Å²) in [4.78, 5) is 12.8. The first-order valence-electron chi connectivity index (χ1n) is 10.3. The van der Waals surface area contributed by atoms with Gasteiger partial charge in [0.15, 0.2) is 4.90 Å². The number of hydrogen-bond donors (Lipinski definition) is 1. The maximum atomic E-state index is 13.3. The summed E-state index contributed by atoms with van der Waals surface area (Å²) in [5.74, 6) is -0.449. The van der Waals surface area contributed by atoms with Crippen LogP contribution in [0.15, 0.2) is 60.3 Å². The molecular weight excluding hydrogens is 442 g/mol. The first kappa shape index (κ1) is 22.6. The molecule has 3 aromatic rings. The number of carbonyl (C=O) groups is 1. The molecule has 0 unspecified atom stereocenters. The summed E-state index contributed by atoms with van der Waals surface area (Å²) in [5, 5.41) is 4.18. The van der Waals surface area contributed by atoms with Crippen LogP contribution < -0.4 is 14.2 Å². The molecule has 172 valence electrons. The fraction of sp³-hybridized carbons (Fsp3) is 0.250. The summed E-state index contributed by atoms with van der Waals surface area (Å²) in [5.41, 5.74) is 2.17. The van der Waals surface area contributed by atoms with Gasteiger partial charge in [0.25, 0.3) is 15.9 Å². The van der Waals surface area contributed by atoms with Crippen LogP contribution in [-0.4, -0.2) is 37.8 Å². The molecule has 8 nitrogen and oxygen atoms in total. The number of hydrogen-bond acceptors (Lipinski definition) is 6. The third-order valence-electron chi connectivity index (χ3n) is 5.62. The van der Waals surface area contributed by atoms with E-state index in [1.54, 1.807) is 47.3 Å². The summed E-state index contributed by atoms with van der Waals surface area (Å²) in [7, 11) is -2.91. The molecule has 1 aromatic heterocycles. The fourth-order valence-electron chi connectivity index (χ4n) is 3.84. The van der Waals surface area contributed by atoms with Crippen molar-refractivity contribution in [2.45, 2.75) is 30.7 Å². The summed E-state index contributed by atoms with van der Waals surface area (Å²) >= 11 is 0. The van der Waals surface area contributed by atoms with Gasteiger partial charge in [-0.2, -0.15) is 5.10 Å². The third kappa shape index (κ3) is 4.23. The van der Waals surface area contributed by atoms with Crippen LogP contribution in [-0.2, 0) is 22.0 Å². The summed E-state index contributed by atoms with van der Waals surface area (Å²) < 4.78 is 41.5.